The first-order valence-corrected chi connectivity index (χ1v) is 13.1. The number of unbranched alkanes of at least 4 members (excludes halogenated alkanes) is 1. The molecule has 1 aromatic rings. The molecule has 0 bridgehead atoms. The third-order valence-electron chi connectivity index (χ3n) is 6.12. The molecule has 0 saturated heterocycles. The summed E-state index contributed by atoms with van der Waals surface area (Å²) in [4.78, 5) is 53.7. The van der Waals surface area contributed by atoms with Crippen molar-refractivity contribution in [3.8, 4) is 0 Å². The number of hydrogen-bond donors (Lipinski definition) is 3. The molecule has 0 aromatic heterocycles. The van der Waals surface area contributed by atoms with Gasteiger partial charge in [0.1, 0.15) is 17.7 Å². The fraction of sp³-hybridized carbons (Fsp3) is 0.643. The molecule has 37 heavy (non-hydrogen) atoms. The van der Waals surface area contributed by atoms with E-state index in [9.17, 15) is 19.2 Å². The third-order valence-corrected chi connectivity index (χ3v) is 6.12. The van der Waals surface area contributed by atoms with E-state index in [1.165, 1.54) is 4.90 Å². The summed E-state index contributed by atoms with van der Waals surface area (Å²) >= 11 is 0. The lowest BCUT2D eigenvalue weighted by Crippen LogP contribution is -2.59. The van der Waals surface area contributed by atoms with Crippen LogP contribution in [0.15, 0.2) is 24.3 Å². The molecule has 1 aromatic carbocycles. The highest BCUT2D eigenvalue weighted by atomic mass is 16.6. The lowest BCUT2D eigenvalue weighted by Gasteiger charge is -2.44. The number of nitrogens with one attached hydrogen (secondary N) is 2. The van der Waals surface area contributed by atoms with Crippen LogP contribution in [0, 0.1) is 6.92 Å². The highest BCUT2D eigenvalue weighted by Crippen LogP contribution is 2.33. The van der Waals surface area contributed by atoms with Crippen LogP contribution >= 0.6 is 0 Å². The van der Waals surface area contributed by atoms with Crippen LogP contribution < -0.4 is 16.4 Å². The first-order chi connectivity index (χ1) is 17.1. The molecule has 4 N–H and O–H groups in total. The molecule has 0 saturated carbocycles. The van der Waals surface area contributed by atoms with Gasteiger partial charge in [0.05, 0.1) is 0 Å². The van der Waals surface area contributed by atoms with Gasteiger partial charge >= 0.3 is 6.09 Å². The Bertz CT molecular complexity index is 939. The van der Waals surface area contributed by atoms with Crippen molar-refractivity contribution < 1.29 is 23.9 Å². The maximum Gasteiger partial charge on any atom is 0.408 e. The number of amides is 4. The average molecular weight is 519 g/mol. The monoisotopic (exact) mass is 518 g/mol. The predicted octanol–water partition coefficient (Wildman–Crippen LogP) is 4.13. The summed E-state index contributed by atoms with van der Waals surface area (Å²) in [6, 6.07) is 5.41. The van der Waals surface area contributed by atoms with Crippen LogP contribution in [0.3, 0.4) is 0 Å². The van der Waals surface area contributed by atoms with Crippen molar-refractivity contribution in [2.75, 3.05) is 6.54 Å². The van der Waals surface area contributed by atoms with Gasteiger partial charge in [-0.15, -0.1) is 0 Å². The Morgan fingerprint density at radius 1 is 1.08 bits per heavy atom. The van der Waals surface area contributed by atoms with E-state index in [1.807, 2.05) is 58.9 Å². The summed E-state index contributed by atoms with van der Waals surface area (Å²) in [5.74, 6) is -1.39. The Morgan fingerprint density at radius 3 is 2.24 bits per heavy atom. The van der Waals surface area contributed by atoms with Crippen LogP contribution in [-0.4, -0.2) is 52.4 Å². The van der Waals surface area contributed by atoms with Crippen molar-refractivity contribution in [1.29, 1.82) is 0 Å². The molecule has 208 valence electrons. The Balaban J connectivity index is 3.60. The number of carbonyl (C=O) groups is 4. The van der Waals surface area contributed by atoms with Crippen molar-refractivity contribution in [2.45, 2.75) is 111 Å². The number of ether oxygens (including phenoxy) is 1. The summed E-state index contributed by atoms with van der Waals surface area (Å²) in [6.07, 6.45) is 1.32. The fourth-order valence-corrected chi connectivity index (χ4v) is 3.85. The molecule has 0 aliphatic heterocycles. The lowest BCUT2D eigenvalue weighted by molar-refractivity contribution is -0.149. The number of alkyl carbamates (subject to hydrolysis) is 1. The molecule has 2 atom stereocenters. The average Bonchev–Trinajstić information content (AvgIpc) is 2.78. The van der Waals surface area contributed by atoms with Gasteiger partial charge in [0.2, 0.25) is 17.7 Å². The largest absolute Gasteiger partial charge is 0.444 e. The van der Waals surface area contributed by atoms with E-state index in [1.54, 1.807) is 20.8 Å². The van der Waals surface area contributed by atoms with Crippen LogP contribution in [0.5, 0.6) is 0 Å². The number of aryl methyl sites for hydroxylation is 1. The van der Waals surface area contributed by atoms with E-state index in [0.717, 1.165) is 18.4 Å². The van der Waals surface area contributed by atoms with Crippen molar-refractivity contribution in [3.05, 3.63) is 35.4 Å². The zero-order valence-corrected chi connectivity index (χ0v) is 23.8. The Labute approximate surface area is 221 Å². The van der Waals surface area contributed by atoms with Gasteiger partial charge in [0.15, 0.2) is 0 Å². The molecule has 9 heteroatoms. The summed E-state index contributed by atoms with van der Waals surface area (Å²) < 4.78 is 5.37. The minimum atomic E-state index is -1.12. The summed E-state index contributed by atoms with van der Waals surface area (Å²) in [5, 5.41) is 5.60. The molecule has 0 aliphatic rings. The van der Waals surface area contributed by atoms with Crippen LogP contribution in [0.2, 0.25) is 0 Å². The van der Waals surface area contributed by atoms with Crippen molar-refractivity contribution in [3.63, 3.8) is 0 Å². The molecular formula is C28H46N4O5. The number of rotatable bonds is 13. The summed E-state index contributed by atoms with van der Waals surface area (Å²) in [7, 11) is 0. The molecule has 0 heterocycles. The zero-order chi connectivity index (χ0) is 28.4. The number of hydrogen-bond acceptors (Lipinski definition) is 5. The first-order valence-electron chi connectivity index (χ1n) is 13.1. The Kier molecular flexibility index (Phi) is 12.1. The van der Waals surface area contributed by atoms with E-state index >= 15 is 0 Å². The van der Waals surface area contributed by atoms with Gasteiger partial charge in [-0.05, 0) is 66.4 Å². The number of nitrogens with two attached hydrogens (primary N) is 1. The standard InChI is InChI=1S/C28H46N4O5/c1-9-11-17-30-24(34)23(20-14-12-13-19(3)18-20)32(28(7,8)10-2)25(35)21(15-16-22(29)33)31-26(36)37-27(4,5)6/h12-14,18,21,23H,9-11,15-17H2,1-8H3,(H2,29,33)(H,30,34)(H,31,36). The van der Waals surface area contributed by atoms with Gasteiger partial charge in [-0.2, -0.15) is 0 Å². The van der Waals surface area contributed by atoms with Gasteiger partial charge in [-0.3, -0.25) is 14.4 Å². The SMILES string of the molecule is CCCCNC(=O)C(c1cccc(C)c1)N(C(=O)C(CCC(N)=O)NC(=O)OC(C)(C)C)C(C)(C)CC. The third kappa shape index (κ3) is 10.4. The van der Waals surface area contributed by atoms with E-state index < -0.39 is 41.1 Å². The summed E-state index contributed by atoms with van der Waals surface area (Å²) in [6.45, 7) is 15.3. The smallest absolute Gasteiger partial charge is 0.408 e. The predicted molar refractivity (Wildman–Crippen MR) is 145 cm³/mol. The van der Waals surface area contributed by atoms with Gasteiger partial charge in [0.25, 0.3) is 0 Å². The topological polar surface area (TPSA) is 131 Å². The molecular weight excluding hydrogens is 472 g/mol. The normalized spacial score (nSPS) is 13.3. The molecule has 1 rings (SSSR count). The van der Waals surface area contributed by atoms with E-state index in [4.69, 9.17) is 10.5 Å². The van der Waals surface area contributed by atoms with Crippen LogP contribution in [0.4, 0.5) is 4.79 Å². The number of nitrogens with zero attached hydrogens (tertiary/aromatic N) is 1. The maximum absolute atomic E-state index is 14.2. The van der Waals surface area contributed by atoms with E-state index in [2.05, 4.69) is 10.6 Å². The van der Waals surface area contributed by atoms with Gasteiger partial charge in [0, 0.05) is 18.5 Å². The molecule has 9 nitrogen and oxygen atoms in total. The molecule has 0 fully saturated rings. The van der Waals surface area contributed by atoms with E-state index in [0.29, 0.717) is 18.5 Å². The number of primary amides is 1. The molecule has 2 unspecified atom stereocenters. The van der Waals surface area contributed by atoms with Gasteiger partial charge in [-0.1, -0.05) is 50.1 Å². The van der Waals surface area contributed by atoms with Crippen LogP contribution in [0.25, 0.3) is 0 Å². The van der Waals surface area contributed by atoms with Crippen molar-refractivity contribution in [2.24, 2.45) is 5.73 Å². The maximum atomic E-state index is 14.2. The lowest BCUT2D eigenvalue weighted by atomic mass is 9.91. The number of carbonyl (C=O) groups excluding carboxylic acids is 4. The number of benzene rings is 1. The quantitative estimate of drug-likeness (QED) is 0.338. The fourth-order valence-electron chi connectivity index (χ4n) is 3.85. The van der Waals surface area contributed by atoms with Gasteiger partial charge in [-0.25, -0.2) is 4.79 Å². The summed E-state index contributed by atoms with van der Waals surface area (Å²) in [5.41, 5.74) is 5.43. The van der Waals surface area contributed by atoms with Crippen molar-refractivity contribution in [1.82, 2.24) is 15.5 Å². The molecule has 0 aliphatic carbocycles. The van der Waals surface area contributed by atoms with Crippen LogP contribution in [-0.2, 0) is 19.1 Å². The Morgan fingerprint density at radius 2 is 1.73 bits per heavy atom. The van der Waals surface area contributed by atoms with Crippen molar-refractivity contribution >= 4 is 23.8 Å². The molecule has 0 spiro atoms. The highest BCUT2D eigenvalue weighted by Gasteiger charge is 2.43. The van der Waals surface area contributed by atoms with Gasteiger partial charge < -0.3 is 26.0 Å². The first kappa shape index (κ1) is 31.9. The molecule has 0 radical (unpaired) electrons. The molecule has 4 amide bonds. The minimum absolute atomic E-state index is 0.0261. The second-order valence-electron chi connectivity index (χ2n) is 11.0. The second kappa shape index (κ2) is 14.0. The highest BCUT2D eigenvalue weighted by molar-refractivity contribution is 5.93. The second-order valence-corrected chi connectivity index (χ2v) is 11.0. The zero-order valence-electron chi connectivity index (χ0n) is 23.8. The minimum Gasteiger partial charge on any atom is -0.444 e. The Hall–Kier alpha value is -3.10. The van der Waals surface area contributed by atoms with Crippen LogP contribution in [0.1, 0.15) is 97.7 Å². The van der Waals surface area contributed by atoms with E-state index in [-0.39, 0.29) is 18.7 Å².